The van der Waals surface area contributed by atoms with Crippen LogP contribution in [0.25, 0.3) is 0 Å². The van der Waals surface area contributed by atoms with Gasteiger partial charge in [-0.25, -0.2) is 4.68 Å². The van der Waals surface area contributed by atoms with E-state index in [1.54, 1.807) is 6.33 Å². The van der Waals surface area contributed by atoms with Crippen LogP contribution in [0.15, 0.2) is 11.5 Å². The van der Waals surface area contributed by atoms with E-state index in [1.807, 2.05) is 4.68 Å². The lowest BCUT2D eigenvalue weighted by Gasteiger charge is -2.34. The molecule has 0 unspecified atom stereocenters. The Morgan fingerprint density at radius 1 is 1.47 bits per heavy atom. The third-order valence-corrected chi connectivity index (χ3v) is 3.53. The van der Waals surface area contributed by atoms with E-state index in [1.165, 1.54) is 11.8 Å². The summed E-state index contributed by atoms with van der Waals surface area (Å²) in [7, 11) is 2.09. The summed E-state index contributed by atoms with van der Waals surface area (Å²) in [6.45, 7) is 3.77. The fraction of sp³-hybridized carbons (Fsp3) is 0.667. The highest BCUT2D eigenvalue weighted by Crippen LogP contribution is 2.15. The SMILES string of the molecule is CN1CCN(n2cnnc2SCC(=O)O)CC1. The van der Waals surface area contributed by atoms with Crippen LogP contribution in [0.4, 0.5) is 0 Å². The molecule has 8 heteroatoms. The highest BCUT2D eigenvalue weighted by atomic mass is 32.2. The van der Waals surface area contributed by atoms with Crippen molar-refractivity contribution in [2.75, 3.05) is 44.0 Å². The Balaban J connectivity index is 2.00. The van der Waals surface area contributed by atoms with E-state index >= 15 is 0 Å². The van der Waals surface area contributed by atoms with Crippen LogP contribution in [-0.2, 0) is 4.79 Å². The monoisotopic (exact) mass is 257 g/mol. The lowest BCUT2D eigenvalue weighted by Crippen LogP contribution is -2.49. The molecule has 1 aliphatic rings. The molecule has 0 amide bonds. The van der Waals surface area contributed by atoms with Crippen LogP contribution >= 0.6 is 11.8 Å². The van der Waals surface area contributed by atoms with Crippen molar-refractivity contribution in [1.29, 1.82) is 0 Å². The first-order chi connectivity index (χ1) is 8.16. The van der Waals surface area contributed by atoms with Crippen molar-refractivity contribution in [2.24, 2.45) is 0 Å². The maximum atomic E-state index is 10.5. The molecule has 0 saturated carbocycles. The summed E-state index contributed by atoms with van der Waals surface area (Å²) in [5.41, 5.74) is 0. The highest BCUT2D eigenvalue weighted by molar-refractivity contribution is 7.99. The number of carboxylic acid groups (broad SMARTS) is 1. The Morgan fingerprint density at radius 3 is 2.82 bits per heavy atom. The number of rotatable bonds is 4. The summed E-state index contributed by atoms with van der Waals surface area (Å²) in [6.07, 6.45) is 1.63. The van der Waals surface area contributed by atoms with Crippen molar-refractivity contribution in [3.8, 4) is 0 Å². The maximum absolute atomic E-state index is 10.5. The van der Waals surface area contributed by atoms with Crippen molar-refractivity contribution in [2.45, 2.75) is 5.16 Å². The Kier molecular flexibility index (Phi) is 3.85. The normalized spacial score (nSPS) is 17.4. The predicted molar refractivity (Wildman–Crippen MR) is 63.8 cm³/mol. The number of piperazine rings is 1. The molecule has 94 valence electrons. The van der Waals surface area contributed by atoms with Gasteiger partial charge in [0.2, 0.25) is 5.16 Å². The smallest absolute Gasteiger partial charge is 0.313 e. The van der Waals surface area contributed by atoms with Crippen LogP contribution < -0.4 is 5.01 Å². The van der Waals surface area contributed by atoms with Crippen LogP contribution in [0.1, 0.15) is 0 Å². The van der Waals surface area contributed by atoms with Crippen LogP contribution in [0.3, 0.4) is 0 Å². The molecule has 1 aromatic heterocycles. The molecule has 1 saturated heterocycles. The van der Waals surface area contributed by atoms with Gasteiger partial charge in [0.25, 0.3) is 0 Å². The van der Waals surface area contributed by atoms with Gasteiger partial charge in [0.1, 0.15) is 6.33 Å². The third-order valence-electron chi connectivity index (χ3n) is 2.61. The lowest BCUT2D eigenvalue weighted by molar-refractivity contribution is -0.133. The standard InChI is InChI=1S/C9H15N5O2S/c1-12-2-4-13(5-3-12)14-7-10-11-9(14)17-6-8(15)16/h7H,2-6H2,1H3,(H,15,16). The molecule has 0 spiro atoms. The van der Waals surface area contributed by atoms with Crippen LogP contribution in [0.5, 0.6) is 0 Å². The molecule has 1 aromatic rings. The molecule has 1 fully saturated rings. The van der Waals surface area contributed by atoms with Crippen molar-refractivity contribution in [3.05, 3.63) is 6.33 Å². The number of hydrogen-bond donors (Lipinski definition) is 1. The van der Waals surface area contributed by atoms with Gasteiger partial charge in [-0.3, -0.25) is 4.79 Å². The first-order valence-corrected chi connectivity index (χ1v) is 6.34. The van der Waals surface area contributed by atoms with Crippen molar-refractivity contribution in [1.82, 2.24) is 19.8 Å². The molecule has 0 aromatic carbocycles. The summed E-state index contributed by atoms with van der Waals surface area (Å²) < 4.78 is 1.85. The minimum Gasteiger partial charge on any atom is -0.481 e. The van der Waals surface area contributed by atoms with Crippen LogP contribution in [0, 0.1) is 0 Å². The Morgan fingerprint density at radius 2 is 2.18 bits per heavy atom. The zero-order valence-corrected chi connectivity index (χ0v) is 10.4. The van der Waals surface area contributed by atoms with Gasteiger partial charge in [-0.05, 0) is 7.05 Å². The fourth-order valence-electron chi connectivity index (χ4n) is 1.65. The van der Waals surface area contributed by atoms with Gasteiger partial charge >= 0.3 is 5.97 Å². The first kappa shape index (κ1) is 12.2. The lowest BCUT2D eigenvalue weighted by atomic mass is 10.4. The molecular weight excluding hydrogens is 242 g/mol. The summed E-state index contributed by atoms with van der Waals surface area (Å²) in [5, 5.41) is 19.2. The number of thioether (sulfide) groups is 1. The summed E-state index contributed by atoms with van der Waals surface area (Å²) in [6, 6.07) is 0. The minimum absolute atomic E-state index is 0.00639. The molecular formula is C9H15N5O2S. The van der Waals surface area contributed by atoms with Gasteiger partial charge in [0.05, 0.1) is 5.75 Å². The molecule has 0 bridgehead atoms. The number of carbonyl (C=O) groups is 1. The van der Waals surface area contributed by atoms with E-state index in [0.29, 0.717) is 5.16 Å². The zero-order chi connectivity index (χ0) is 12.3. The summed E-state index contributed by atoms with van der Waals surface area (Å²) in [4.78, 5) is 12.8. The molecule has 0 atom stereocenters. The topological polar surface area (TPSA) is 74.5 Å². The molecule has 2 heterocycles. The molecule has 1 aliphatic heterocycles. The number of aliphatic carboxylic acids is 1. The van der Waals surface area contributed by atoms with Gasteiger partial charge in [-0.15, -0.1) is 10.2 Å². The number of likely N-dealkylation sites (N-methyl/N-ethyl adjacent to an activating group) is 1. The van der Waals surface area contributed by atoms with E-state index < -0.39 is 5.97 Å². The van der Waals surface area contributed by atoms with Crippen molar-refractivity contribution < 1.29 is 9.90 Å². The average molecular weight is 257 g/mol. The van der Waals surface area contributed by atoms with E-state index in [0.717, 1.165) is 26.2 Å². The van der Waals surface area contributed by atoms with Crippen molar-refractivity contribution >= 4 is 17.7 Å². The first-order valence-electron chi connectivity index (χ1n) is 5.35. The fourth-order valence-corrected chi connectivity index (χ4v) is 2.30. The van der Waals surface area contributed by atoms with Gasteiger partial charge in [0, 0.05) is 26.2 Å². The highest BCUT2D eigenvalue weighted by Gasteiger charge is 2.17. The van der Waals surface area contributed by atoms with Gasteiger partial charge in [-0.1, -0.05) is 11.8 Å². The molecule has 7 nitrogen and oxygen atoms in total. The molecule has 0 aliphatic carbocycles. The van der Waals surface area contributed by atoms with Crippen LogP contribution in [0.2, 0.25) is 0 Å². The van der Waals surface area contributed by atoms with E-state index in [2.05, 4.69) is 27.2 Å². The van der Waals surface area contributed by atoms with Crippen LogP contribution in [-0.4, -0.2) is 69.8 Å². The molecule has 1 N–H and O–H groups in total. The Hall–Kier alpha value is -1.28. The number of aromatic nitrogens is 3. The second kappa shape index (κ2) is 5.37. The Bertz CT molecular complexity index is 388. The third kappa shape index (κ3) is 3.10. The molecule has 2 rings (SSSR count). The zero-order valence-electron chi connectivity index (χ0n) is 9.61. The van der Waals surface area contributed by atoms with E-state index in [9.17, 15) is 4.79 Å². The quantitative estimate of drug-likeness (QED) is 0.718. The maximum Gasteiger partial charge on any atom is 0.313 e. The van der Waals surface area contributed by atoms with E-state index in [4.69, 9.17) is 5.11 Å². The van der Waals surface area contributed by atoms with E-state index in [-0.39, 0.29) is 5.75 Å². The van der Waals surface area contributed by atoms with Gasteiger partial charge in [-0.2, -0.15) is 0 Å². The number of carboxylic acids is 1. The largest absolute Gasteiger partial charge is 0.481 e. The summed E-state index contributed by atoms with van der Waals surface area (Å²) in [5.74, 6) is -0.838. The minimum atomic E-state index is -0.845. The summed E-state index contributed by atoms with van der Waals surface area (Å²) >= 11 is 1.19. The van der Waals surface area contributed by atoms with Gasteiger partial charge < -0.3 is 15.0 Å². The van der Waals surface area contributed by atoms with Crippen molar-refractivity contribution in [3.63, 3.8) is 0 Å². The Labute approximate surface area is 103 Å². The molecule has 17 heavy (non-hydrogen) atoms. The molecule has 0 radical (unpaired) electrons. The number of nitrogens with zero attached hydrogens (tertiary/aromatic N) is 5. The average Bonchev–Trinajstić information content (AvgIpc) is 2.75. The number of hydrogen-bond acceptors (Lipinski definition) is 6. The second-order valence-corrected chi connectivity index (χ2v) is 4.84. The second-order valence-electron chi connectivity index (χ2n) is 3.90. The van der Waals surface area contributed by atoms with Gasteiger partial charge in [0.15, 0.2) is 0 Å². The predicted octanol–water partition coefficient (Wildman–Crippen LogP) is -0.662.